The summed E-state index contributed by atoms with van der Waals surface area (Å²) >= 11 is 0. The molecule has 1 N–H and O–H groups in total. The molecule has 13 heavy (non-hydrogen) atoms. The van der Waals surface area contributed by atoms with Crippen LogP contribution >= 0.6 is 0 Å². The maximum atomic E-state index is 14.0. The summed E-state index contributed by atoms with van der Waals surface area (Å²) in [7, 11) is 0. The highest BCUT2D eigenvalue weighted by Crippen LogP contribution is 2.30. The second-order valence-electron chi connectivity index (χ2n) is 3.24. The maximum absolute atomic E-state index is 14.0. The largest absolute Gasteiger partial charge is 0.393 e. The molecular weight excluding hydrogens is 167 g/mol. The van der Waals surface area contributed by atoms with Crippen molar-refractivity contribution >= 4 is 0 Å². The van der Waals surface area contributed by atoms with E-state index in [0.717, 1.165) is 6.42 Å². The topological polar surface area (TPSA) is 20.2 Å². The molecule has 1 nitrogen and oxygen atoms in total. The standard InChI is InChI=1S/C11H15FO/c1-2-8-11(12,9-13)10-6-4-3-5-7-10/h3-7,13H,2,8-9H2,1H3. The lowest BCUT2D eigenvalue weighted by Gasteiger charge is -2.22. The maximum Gasteiger partial charge on any atom is 0.158 e. The van der Waals surface area contributed by atoms with Gasteiger partial charge in [0.2, 0.25) is 0 Å². The van der Waals surface area contributed by atoms with Gasteiger partial charge in [-0.1, -0.05) is 43.7 Å². The van der Waals surface area contributed by atoms with Crippen LogP contribution in [0.2, 0.25) is 0 Å². The average molecular weight is 182 g/mol. The van der Waals surface area contributed by atoms with Crippen molar-refractivity contribution < 1.29 is 9.50 Å². The smallest absolute Gasteiger partial charge is 0.158 e. The summed E-state index contributed by atoms with van der Waals surface area (Å²) in [5.41, 5.74) is -0.991. The molecule has 1 unspecified atom stereocenters. The molecule has 0 radical (unpaired) electrons. The molecule has 72 valence electrons. The van der Waals surface area contributed by atoms with Crippen molar-refractivity contribution in [1.29, 1.82) is 0 Å². The molecule has 0 spiro atoms. The van der Waals surface area contributed by atoms with Crippen molar-refractivity contribution in [2.45, 2.75) is 25.4 Å². The molecule has 0 amide bonds. The third-order valence-corrected chi connectivity index (χ3v) is 2.19. The van der Waals surface area contributed by atoms with Gasteiger partial charge < -0.3 is 5.11 Å². The highest BCUT2D eigenvalue weighted by Gasteiger charge is 2.29. The van der Waals surface area contributed by atoms with E-state index in [0.29, 0.717) is 12.0 Å². The van der Waals surface area contributed by atoms with Crippen LogP contribution in [-0.4, -0.2) is 11.7 Å². The van der Waals surface area contributed by atoms with E-state index in [2.05, 4.69) is 0 Å². The molecule has 0 saturated heterocycles. The Labute approximate surface area is 78.2 Å². The van der Waals surface area contributed by atoms with Crippen LogP contribution in [0.25, 0.3) is 0 Å². The van der Waals surface area contributed by atoms with Gasteiger partial charge in [0.05, 0.1) is 6.61 Å². The summed E-state index contributed by atoms with van der Waals surface area (Å²) in [4.78, 5) is 0. The Morgan fingerprint density at radius 1 is 1.31 bits per heavy atom. The van der Waals surface area contributed by atoms with Crippen LogP contribution in [0.15, 0.2) is 30.3 Å². The van der Waals surface area contributed by atoms with Gasteiger partial charge >= 0.3 is 0 Å². The fourth-order valence-electron chi connectivity index (χ4n) is 1.45. The Balaban J connectivity index is 2.89. The molecule has 1 atom stereocenters. The predicted molar refractivity (Wildman–Crippen MR) is 51.2 cm³/mol. The zero-order chi connectivity index (χ0) is 9.73. The number of rotatable bonds is 4. The molecule has 0 aliphatic carbocycles. The number of aliphatic hydroxyl groups is 1. The van der Waals surface area contributed by atoms with Crippen LogP contribution < -0.4 is 0 Å². The Morgan fingerprint density at radius 3 is 2.38 bits per heavy atom. The highest BCUT2D eigenvalue weighted by atomic mass is 19.1. The summed E-state index contributed by atoms with van der Waals surface area (Å²) in [5, 5.41) is 8.99. The zero-order valence-corrected chi connectivity index (χ0v) is 7.83. The summed E-state index contributed by atoms with van der Waals surface area (Å²) < 4.78 is 14.0. The van der Waals surface area contributed by atoms with E-state index < -0.39 is 12.3 Å². The van der Waals surface area contributed by atoms with Crippen LogP contribution in [-0.2, 0) is 5.67 Å². The first kappa shape index (κ1) is 10.2. The molecular formula is C11H15FO. The van der Waals surface area contributed by atoms with Crippen LogP contribution in [0.3, 0.4) is 0 Å². The van der Waals surface area contributed by atoms with Gasteiger partial charge in [0, 0.05) is 0 Å². The summed E-state index contributed by atoms with van der Waals surface area (Å²) in [5.74, 6) is 0. The van der Waals surface area contributed by atoms with Crippen molar-refractivity contribution in [3.8, 4) is 0 Å². The van der Waals surface area contributed by atoms with Crippen molar-refractivity contribution in [2.24, 2.45) is 0 Å². The summed E-state index contributed by atoms with van der Waals surface area (Å²) in [6.45, 7) is 1.47. The van der Waals surface area contributed by atoms with E-state index in [1.165, 1.54) is 0 Å². The van der Waals surface area contributed by atoms with E-state index in [1.54, 1.807) is 24.3 Å². The molecule has 0 saturated carbocycles. The van der Waals surface area contributed by atoms with Gasteiger partial charge in [-0.05, 0) is 12.0 Å². The molecule has 0 aliphatic rings. The number of hydrogen-bond acceptors (Lipinski definition) is 1. The lowest BCUT2D eigenvalue weighted by molar-refractivity contribution is 0.0594. The number of hydrogen-bond donors (Lipinski definition) is 1. The van der Waals surface area contributed by atoms with Crippen molar-refractivity contribution in [3.05, 3.63) is 35.9 Å². The number of aliphatic hydroxyl groups excluding tert-OH is 1. The summed E-state index contributed by atoms with van der Waals surface area (Å²) in [6.07, 6.45) is 1.10. The Bertz CT molecular complexity index is 248. The SMILES string of the molecule is CCCC(F)(CO)c1ccccc1. The number of benzene rings is 1. The lowest BCUT2D eigenvalue weighted by Crippen LogP contribution is -2.24. The molecule has 1 aromatic carbocycles. The van der Waals surface area contributed by atoms with Crippen molar-refractivity contribution in [1.82, 2.24) is 0 Å². The van der Waals surface area contributed by atoms with Crippen LogP contribution in [0.1, 0.15) is 25.3 Å². The third-order valence-electron chi connectivity index (χ3n) is 2.19. The van der Waals surface area contributed by atoms with E-state index in [4.69, 9.17) is 5.11 Å². The molecule has 0 heterocycles. The van der Waals surface area contributed by atoms with Gasteiger partial charge in [0.15, 0.2) is 5.67 Å². The van der Waals surface area contributed by atoms with Gasteiger partial charge in [0.1, 0.15) is 0 Å². The van der Waals surface area contributed by atoms with E-state index in [-0.39, 0.29) is 0 Å². The second kappa shape index (κ2) is 4.38. The van der Waals surface area contributed by atoms with Gasteiger partial charge in [-0.3, -0.25) is 0 Å². The monoisotopic (exact) mass is 182 g/mol. The Morgan fingerprint density at radius 2 is 1.92 bits per heavy atom. The Hall–Kier alpha value is -0.890. The first-order valence-corrected chi connectivity index (χ1v) is 4.58. The lowest BCUT2D eigenvalue weighted by atomic mass is 9.92. The first-order chi connectivity index (χ1) is 6.23. The minimum atomic E-state index is -1.56. The third kappa shape index (κ3) is 2.28. The quantitative estimate of drug-likeness (QED) is 0.759. The van der Waals surface area contributed by atoms with Gasteiger partial charge in [-0.15, -0.1) is 0 Å². The van der Waals surface area contributed by atoms with Crippen molar-refractivity contribution in [2.75, 3.05) is 6.61 Å². The summed E-state index contributed by atoms with van der Waals surface area (Å²) in [6, 6.07) is 8.84. The highest BCUT2D eigenvalue weighted by molar-refractivity contribution is 5.22. The average Bonchev–Trinajstić information content (AvgIpc) is 2.19. The molecule has 0 fully saturated rings. The van der Waals surface area contributed by atoms with E-state index >= 15 is 0 Å². The fraction of sp³-hybridized carbons (Fsp3) is 0.455. The minimum absolute atomic E-state index is 0.369. The molecule has 0 aliphatic heterocycles. The molecule has 0 bridgehead atoms. The molecule has 1 aromatic rings. The van der Waals surface area contributed by atoms with Gasteiger partial charge in [-0.2, -0.15) is 0 Å². The minimum Gasteiger partial charge on any atom is -0.393 e. The fourth-order valence-corrected chi connectivity index (χ4v) is 1.45. The molecule has 1 rings (SSSR count). The van der Waals surface area contributed by atoms with Crippen LogP contribution in [0, 0.1) is 0 Å². The molecule has 0 aromatic heterocycles. The van der Waals surface area contributed by atoms with Crippen LogP contribution in [0.5, 0.6) is 0 Å². The zero-order valence-electron chi connectivity index (χ0n) is 7.83. The normalized spacial score (nSPS) is 15.3. The number of halogens is 1. The first-order valence-electron chi connectivity index (χ1n) is 4.58. The Kier molecular flexibility index (Phi) is 3.43. The second-order valence-corrected chi connectivity index (χ2v) is 3.24. The van der Waals surface area contributed by atoms with Crippen LogP contribution in [0.4, 0.5) is 4.39 Å². The number of alkyl halides is 1. The van der Waals surface area contributed by atoms with E-state index in [1.807, 2.05) is 13.0 Å². The van der Waals surface area contributed by atoms with Crippen molar-refractivity contribution in [3.63, 3.8) is 0 Å². The van der Waals surface area contributed by atoms with E-state index in [9.17, 15) is 4.39 Å². The van der Waals surface area contributed by atoms with Gasteiger partial charge in [0.25, 0.3) is 0 Å². The van der Waals surface area contributed by atoms with Gasteiger partial charge in [-0.25, -0.2) is 4.39 Å². The molecule has 2 heteroatoms. The predicted octanol–water partition coefficient (Wildman–Crippen LogP) is 2.64.